The van der Waals surface area contributed by atoms with Crippen LogP contribution in [0.4, 0.5) is 10.1 Å². The molecule has 5 nitrogen and oxygen atoms in total. The summed E-state index contributed by atoms with van der Waals surface area (Å²) in [6.07, 6.45) is 1.49. The number of benzene rings is 1. The lowest BCUT2D eigenvalue weighted by Crippen LogP contribution is -2.32. The first-order valence-electron chi connectivity index (χ1n) is 6.43. The van der Waals surface area contributed by atoms with Crippen molar-refractivity contribution in [1.82, 2.24) is 4.98 Å². The monoisotopic (exact) mass is 309 g/mol. The quantitative estimate of drug-likeness (QED) is 0.915. The average molecular weight is 309 g/mol. The Labute approximate surface area is 123 Å². The molecule has 0 amide bonds. The van der Waals surface area contributed by atoms with Crippen LogP contribution in [-0.4, -0.2) is 19.9 Å². The Kier molecular flexibility index (Phi) is 4.54. The summed E-state index contributed by atoms with van der Waals surface area (Å²) in [6, 6.07) is 8.44. The Morgan fingerprint density at radius 1 is 1.29 bits per heavy atom. The lowest BCUT2D eigenvalue weighted by molar-refractivity contribution is 0.589. The summed E-state index contributed by atoms with van der Waals surface area (Å²) in [6.45, 7) is 1.86. The molecule has 1 aromatic carbocycles. The number of aromatic nitrogens is 1. The molecule has 0 aliphatic rings. The van der Waals surface area contributed by atoms with Crippen molar-refractivity contribution < 1.29 is 12.8 Å². The van der Waals surface area contributed by atoms with E-state index in [0.717, 1.165) is 4.31 Å². The number of sulfonamides is 1. The van der Waals surface area contributed by atoms with Gasteiger partial charge in [0, 0.05) is 19.3 Å². The number of nitrogens with two attached hydrogens (primary N) is 1. The second kappa shape index (κ2) is 6.19. The average Bonchev–Trinajstić information content (AvgIpc) is 2.47. The number of anilines is 1. The molecular weight excluding hydrogens is 293 g/mol. The van der Waals surface area contributed by atoms with E-state index in [-0.39, 0.29) is 29.4 Å². The minimum atomic E-state index is -3.84. The molecule has 2 N–H and O–H groups in total. The molecule has 2 aromatic rings. The molecule has 7 heteroatoms. The van der Waals surface area contributed by atoms with Crippen LogP contribution in [0.3, 0.4) is 0 Å². The SMILES string of the molecule is CCN(c1cccc(F)c1)S(=O)(=O)c1cccnc1CN. The molecule has 0 unspecified atom stereocenters. The van der Waals surface area contributed by atoms with Crippen molar-refractivity contribution in [2.75, 3.05) is 10.8 Å². The third-order valence-electron chi connectivity index (χ3n) is 2.99. The van der Waals surface area contributed by atoms with Crippen LogP contribution in [0.15, 0.2) is 47.5 Å². The molecular formula is C14H16FN3O2S. The van der Waals surface area contributed by atoms with Gasteiger partial charge in [-0.05, 0) is 37.3 Å². The zero-order valence-corrected chi connectivity index (χ0v) is 12.3. The first kappa shape index (κ1) is 15.4. The summed E-state index contributed by atoms with van der Waals surface area (Å²) >= 11 is 0. The van der Waals surface area contributed by atoms with Crippen molar-refractivity contribution in [3.05, 3.63) is 54.1 Å². The fourth-order valence-corrected chi connectivity index (χ4v) is 3.71. The Hall–Kier alpha value is -1.99. The molecule has 0 radical (unpaired) electrons. The smallest absolute Gasteiger partial charge is 0.266 e. The van der Waals surface area contributed by atoms with Gasteiger partial charge in [0.2, 0.25) is 0 Å². The molecule has 0 spiro atoms. The third-order valence-corrected chi connectivity index (χ3v) is 4.97. The number of pyridine rings is 1. The molecule has 0 aliphatic heterocycles. The van der Waals surface area contributed by atoms with E-state index in [2.05, 4.69) is 4.98 Å². The van der Waals surface area contributed by atoms with Crippen molar-refractivity contribution in [1.29, 1.82) is 0 Å². The van der Waals surface area contributed by atoms with E-state index in [1.165, 1.54) is 36.5 Å². The fourth-order valence-electron chi connectivity index (χ4n) is 2.05. The first-order valence-corrected chi connectivity index (χ1v) is 7.87. The van der Waals surface area contributed by atoms with Crippen LogP contribution in [-0.2, 0) is 16.6 Å². The highest BCUT2D eigenvalue weighted by atomic mass is 32.2. The minimum absolute atomic E-state index is 0.0100. The van der Waals surface area contributed by atoms with Crippen molar-refractivity contribution in [3.8, 4) is 0 Å². The highest BCUT2D eigenvalue weighted by Crippen LogP contribution is 2.25. The van der Waals surface area contributed by atoms with E-state index in [9.17, 15) is 12.8 Å². The summed E-state index contributed by atoms with van der Waals surface area (Å²) in [7, 11) is -3.84. The standard InChI is InChI=1S/C14H16FN3O2S/c1-2-18(12-6-3-5-11(15)9-12)21(19,20)14-7-4-8-17-13(14)10-16/h3-9H,2,10,16H2,1H3. The zero-order chi connectivity index (χ0) is 15.5. The Bertz CT molecular complexity index is 735. The van der Waals surface area contributed by atoms with Crippen molar-refractivity contribution in [3.63, 3.8) is 0 Å². The topological polar surface area (TPSA) is 76.3 Å². The highest BCUT2D eigenvalue weighted by molar-refractivity contribution is 7.92. The van der Waals surface area contributed by atoms with E-state index in [1.54, 1.807) is 13.0 Å². The van der Waals surface area contributed by atoms with Gasteiger partial charge in [-0.25, -0.2) is 12.8 Å². The van der Waals surface area contributed by atoms with E-state index < -0.39 is 15.8 Å². The van der Waals surface area contributed by atoms with Gasteiger partial charge in [0.1, 0.15) is 10.7 Å². The number of rotatable bonds is 5. The van der Waals surface area contributed by atoms with Gasteiger partial charge in [-0.3, -0.25) is 9.29 Å². The Balaban J connectivity index is 2.55. The number of hydrogen-bond acceptors (Lipinski definition) is 4. The van der Waals surface area contributed by atoms with Crippen LogP contribution in [0.2, 0.25) is 0 Å². The Morgan fingerprint density at radius 2 is 2.05 bits per heavy atom. The third kappa shape index (κ3) is 3.03. The predicted molar refractivity (Wildman–Crippen MR) is 78.7 cm³/mol. The predicted octanol–water partition coefficient (Wildman–Crippen LogP) is 1.89. The molecule has 112 valence electrons. The molecule has 1 heterocycles. The molecule has 0 atom stereocenters. The van der Waals surface area contributed by atoms with E-state index in [1.807, 2.05) is 0 Å². The van der Waals surface area contributed by atoms with Crippen LogP contribution < -0.4 is 10.0 Å². The number of nitrogens with zero attached hydrogens (tertiary/aromatic N) is 2. The highest BCUT2D eigenvalue weighted by Gasteiger charge is 2.26. The van der Waals surface area contributed by atoms with Crippen LogP contribution in [0, 0.1) is 5.82 Å². The molecule has 2 rings (SSSR count). The molecule has 1 aromatic heterocycles. The van der Waals surface area contributed by atoms with Crippen LogP contribution in [0.1, 0.15) is 12.6 Å². The van der Waals surface area contributed by atoms with E-state index >= 15 is 0 Å². The second-order valence-corrected chi connectivity index (χ2v) is 6.13. The zero-order valence-electron chi connectivity index (χ0n) is 11.5. The minimum Gasteiger partial charge on any atom is -0.325 e. The fraction of sp³-hybridized carbons (Fsp3) is 0.214. The van der Waals surface area contributed by atoms with Crippen molar-refractivity contribution >= 4 is 15.7 Å². The van der Waals surface area contributed by atoms with Gasteiger partial charge < -0.3 is 5.73 Å². The maximum atomic E-state index is 13.3. The van der Waals surface area contributed by atoms with Crippen LogP contribution in [0.5, 0.6) is 0 Å². The normalized spacial score (nSPS) is 11.4. The summed E-state index contributed by atoms with van der Waals surface area (Å²) in [5.41, 5.74) is 6.10. The van der Waals surface area contributed by atoms with E-state index in [4.69, 9.17) is 5.73 Å². The number of hydrogen-bond donors (Lipinski definition) is 1. The van der Waals surface area contributed by atoms with Crippen LogP contribution in [0.25, 0.3) is 0 Å². The Morgan fingerprint density at radius 3 is 2.67 bits per heavy atom. The molecule has 21 heavy (non-hydrogen) atoms. The van der Waals surface area contributed by atoms with Gasteiger partial charge in [-0.2, -0.15) is 0 Å². The lowest BCUT2D eigenvalue weighted by Gasteiger charge is -2.23. The maximum absolute atomic E-state index is 13.3. The number of halogens is 1. The van der Waals surface area contributed by atoms with Gasteiger partial charge >= 0.3 is 0 Å². The first-order chi connectivity index (χ1) is 10.0. The summed E-state index contributed by atoms with van der Waals surface area (Å²) in [5, 5.41) is 0. The lowest BCUT2D eigenvalue weighted by atomic mass is 10.3. The molecule has 0 aliphatic carbocycles. The summed E-state index contributed by atoms with van der Waals surface area (Å²) < 4.78 is 40.0. The molecule has 0 bridgehead atoms. The maximum Gasteiger partial charge on any atom is 0.266 e. The van der Waals surface area contributed by atoms with Gasteiger partial charge in [0.25, 0.3) is 10.0 Å². The van der Waals surface area contributed by atoms with Gasteiger partial charge in [-0.1, -0.05) is 6.07 Å². The van der Waals surface area contributed by atoms with Crippen LogP contribution >= 0.6 is 0 Å². The van der Waals surface area contributed by atoms with Gasteiger partial charge in [0.05, 0.1) is 11.4 Å². The summed E-state index contributed by atoms with van der Waals surface area (Å²) in [4.78, 5) is 4.03. The van der Waals surface area contributed by atoms with Gasteiger partial charge in [0.15, 0.2) is 0 Å². The van der Waals surface area contributed by atoms with E-state index in [0.29, 0.717) is 0 Å². The largest absolute Gasteiger partial charge is 0.325 e. The van der Waals surface area contributed by atoms with Gasteiger partial charge in [-0.15, -0.1) is 0 Å². The van der Waals surface area contributed by atoms with Crippen molar-refractivity contribution in [2.45, 2.75) is 18.4 Å². The molecule has 0 saturated heterocycles. The molecule has 0 saturated carbocycles. The van der Waals surface area contributed by atoms with Crippen molar-refractivity contribution in [2.24, 2.45) is 5.73 Å². The second-order valence-electron chi connectivity index (χ2n) is 4.30. The molecule has 0 fully saturated rings. The summed E-state index contributed by atoms with van der Waals surface area (Å²) in [5.74, 6) is -0.494.